The standard InChI is InChI=1S/C15H13Cl3FNO/c1-8(20)5-9-13(19)3-2-4-14(9)21-15-7-11(17)10(16)6-12(15)18/h2-4,6-8H,5,20H2,1H3. The molecule has 0 aliphatic rings. The van der Waals surface area contributed by atoms with Crippen LogP contribution in [0.1, 0.15) is 12.5 Å². The van der Waals surface area contributed by atoms with E-state index in [0.29, 0.717) is 38.6 Å². The van der Waals surface area contributed by atoms with Crippen molar-refractivity contribution in [3.63, 3.8) is 0 Å². The number of nitrogens with two attached hydrogens (primary N) is 1. The van der Waals surface area contributed by atoms with Gasteiger partial charge in [-0.15, -0.1) is 0 Å². The second kappa shape index (κ2) is 6.84. The smallest absolute Gasteiger partial charge is 0.147 e. The average Bonchev–Trinajstić information content (AvgIpc) is 2.39. The summed E-state index contributed by atoms with van der Waals surface area (Å²) in [5.41, 5.74) is 6.14. The lowest BCUT2D eigenvalue weighted by molar-refractivity contribution is 0.464. The highest BCUT2D eigenvalue weighted by molar-refractivity contribution is 6.43. The van der Waals surface area contributed by atoms with Gasteiger partial charge in [0.05, 0.1) is 15.1 Å². The third kappa shape index (κ3) is 4.01. The Morgan fingerprint density at radius 3 is 2.43 bits per heavy atom. The van der Waals surface area contributed by atoms with Gasteiger partial charge in [-0.1, -0.05) is 40.9 Å². The second-order valence-corrected chi connectivity index (χ2v) is 5.92. The van der Waals surface area contributed by atoms with Gasteiger partial charge in [0.25, 0.3) is 0 Å². The van der Waals surface area contributed by atoms with Gasteiger partial charge in [0.1, 0.15) is 17.3 Å². The fourth-order valence-electron chi connectivity index (χ4n) is 1.86. The van der Waals surface area contributed by atoms with Crippen molar-refractivity contribution < 1.29 is 9.13 Å². The molecule has 0 radical (unpaired) electrons. The van der Waals surface area contributed by atoms with Gasteiger partial charge in [-0.3, -0.25) is 0 Å². The summed E-state index contributed by atoms with van der Waals surface area (Å²) in [6.07, 6.45) is 0.348. The van der Waals surface area contributed by atoms with Gasteiger partial charge in [0.15, 0.2) is 0 Å². The molecule has 0 heterocycles. The summed E-state index contributed by atoms with van der Waals surface area (Å²) in [6, 6.07) is 7.34. The Balaban J connectivity index is 2.40. The molecule has 2 rings (SSSR count). The van der Waals surface area contributed by atoms with Gasteiger partial charge in [0, 0.05) is 17.7 Å². The molecular weight excluding hydrogens is 336 g/mol. The highest BCUT2D eigenvalue weighted by atomic mass is 35.5. The first kappa shape index (κ1) is 16.4. The molecule has 0 aliphatic carbocycles. The van der Waals surface area contributed by atoms with Gasteiger partial charge in [-0.2, -0.15) is 0 Å². The molecule has 0 aromatic heterocycles. The van der Waals surface area contributed by atoms with Crippen molar-refractivity contribution in [2.45, 2.75) is 19.4 Å². The molecule has 0 saturated carbocycles. The molecule has 0 bridgehead atoms. The molecule has 1 unspecified atom stereocenters. The Labute approximate surface area is 137 Å². The van der Waals surface area contributed by atoms with Crippen molar-refractivity contribution >= 4 is 34.8 Å². The van der Waals surface area contributed by atoms with Crippen LogP contribution in [0.5, 0.6) is 11.5 Å². The third-order valence-corrected chi connectivity index (χ3v) is 3.81. The van der Waals surface area contributed by atoms with E-state index in [2.05, 4.69) is 0 Å². The Bertz CT molecular complexity index is 662. The summed E-state index contributed by atoms with van der Waals surface area (Å²) >= 11 is 17.9. The van der Waals surface area contributed by atoms with Crippen LogP contribution in [-0.2, 0) is 6.42 Å². The molecule has 0 fully saturated rings. The van der Waals surface area contributed by atoms with Gasteiger partial charge in [-0.25, -0.2) is 4.39 Å². The van der Waals surface area contributed by atoms with Crippen molar-refractivity contribution in [2.24, 2.45) is 5.73 Å². The van der Waals surface area contributed by atoms with Crippen LogP contribution in [0.2, 0.25) is 15.1 Å². The first-order chi connectivity index (χ1) is 9.88. The van der Waals surface area contributed by atoms with Crippen molar-refractivity contribution in [3.05, 3.63) is 56.8 Å². The molecule has 2 aromatic rings. The van der Waals surface area contributed by atoms with Crippen LogP contribution < -0.4 is 10.5 Å². The molecule has 1 atom stereocenters. The second-order valence-electron chi connectivity index (χ2n) is 4.70. The molecule has 0 aliphatic heterocycles. The summed E-state index contributed by atoms with van der Waals surface area (Å²) in [5.74, 6) is 0.288. The zero-order chi connectivity index (χ0) is 15.6. The van der Waals surface area contributed by atoms with E-state index in [-0.39, 0.29) is 11.9 Å². The molecule has 21 heavy (non-hydrogen) atoms. The lowest BCUT2D eigenvalue weighted by atomic mass is 10.1. The predicted octanol–water partition coefficient (Wildman–Crippen LogP) is 5.47. The van der Waals surface area contributed by atoms with Crippen LogP contribution in [0.25, 0.3) is 0 Å². The predicted molar refractivity (Wildman–Crippen MR) is 85.3 cm³/mol. The molecule has 2 nitrogen and oxygen atoms in total. The number of hydrogen-bond acceptors (Lipinski definition) is 2. The Morgan fingerprint density at radius 1 is 1.10 bits per heavy atom. The van der Waals surface area contributed by atoms with E-state index in [9.17, 15) is 4.39 Å². The Kier molecular flexibility index (Phi) is 5.33. The lowest BCUT2D eigenvalue weighted by Gasteiger charge is -2.15. The van der Waals surface area contributed by atoms with Crippen LogP contribution >= 0.6 is 34.8 Å². The monoisotopic (exact) mass is 347 g/mol. The van der Waals surface area contributed by atoms with Crippen molar-refractivity contribution in [2.75, 3.05) is 0 Å². The van der Waals surface area contributed by atoms with E-state index in [1.807, 2.05) is 0 Å². The van der Waals surface area contributed by atoms with E-state index >= 15 is 0 Å². The number of benzene rings is 2. The van der Waals surface area contributed by atoms with E-state index in [4.69, 9.17) is 45.3 Å². The van der Waals surface area contributed by atoms with Crippen LogP contribution in [-0.4, -0.2) is 6.04 Å². The molecule has 0 saturated heterocycles. The highest BCUT2D eigenvalue weighted by Crippen LogP contribution is 2.37. The van der Waals surface area contributed by atoms with E-state index in [1.165, 1.54) is 18.2 Å². The SMILES string of the molecule is CC(N)Cc1c(F)cccc1Oc1cc(Cl)c(Cl)cc1Cl. The number of halogens is 4. The Hall–Kier alpha value is -1.000. The van der Waals surface area contributed by atoms with Crippen LogP contribution in [0.4, 0.5) is 4.39 Å². The minimum absolute atomic E-state index is 0.200. The topological polar surface area (TPSA) is 35.2 Å². The van der Waals surface area contributed by atoms with Gasteiger partial charge >= 0.3 is 0 Å². The van der Waals surface area contributed by atoms with Gasteiger partial charge < -0.3 is 10.5 Å². The molecule has 0 amide bonds. The maximum absolute atomic E-state index is 13.9. The summed E-state index contributed by atoms with van der Waals surface area (Å²) < 4.78 is 19.6. The molecular formula is C15H13Cl3FNO. The molecule has 112 valence electrons. The first-order valence-corrected chi connectivity index (χ1v) is 7.37. The Morgan fingerprint density at radius 2 is 1.76 bits per heavy atom. The third-order valence-electron chi connectivity index (χ3n) is 2.80. The van der Waals surface area contributed by atoms with E-state index < -0.39 is 0 Å². The maximum atomic E-state index is 13.9. The van der Waals surface area contributed by atoms with E-state index in [1.54, 1.807) is 19.1 Å². The van der Waals surface area contributed by atoms with Crippen LogP contribution in [0, 0.1) is 5.82 Å². The fraction of sp³-hybridized carbons (Fsp3) is 0.200. The maximum Gasteiger partial charge on any atom is 0.147 e. The zero-order valence-corrected chi connectivity index (χ0v) is 13.4. The normalized spacial score (nSPS) is 12.3. The van der Waals surface area contributed by atoms with Gasteiger partial charge in [0.2, 0.25) is 0 Å². The fourth-order valence-corrected chi connectivity index (χ4v) is 2.43. The quantitative estimate of drug-likeness (QED) is 0.744. The van der Waals surface area contributed by atoms with Crippen LogP contribution in [0.15, 0.2) is 30.3 Å². The molecule has 6 heteroatoms. The van der Waals surface area contributed by atoms with Crippen molar-refractivity contribution in [1.82, 2.24) is 0 Å². The van der Waals surface area contributed by atoms with Crippen molar-refractivity contribution in [3.8, 4) is 11.5 Å². The summed E-state index contributed by atoms with van der Waals surface area (Å²) in [7, 11) is 0. The largest absolute Gasteiger partial charge is 0.455 e. The number of ether oxygens (including phenoxy) is 1. The number of rotatable bonds is 4. The number of hydrogen-bond donors (Lipinski definition) is 1. The van der Waals surface area contributed by atoms with E-state index in [0.717, 1.165) is 0 Å². The molecule has 0 spiro atoms. The minimum Gasteiger partial charge on any atom is -0.455 e. The first-order valence-electron chi connectivity index (χ1n) is 6.24. The summed E-state index contributed by atoms with van der Waals surface area (Å²) in [4.78, 5) is 0. The highest BCUT2D eigenvalue weighted by Gasteiger charge is 2.14. The molecule has 2 aromatic carbocycles. The van der Waals surface area contributed by atoms with Crippen molar-refractivity contribution in [1.29, 1.82) is 0 Å². The molecule has 2 N–H and O–H groups in total. The lowest BCUT2D eigenvalue weighted by Crippen LogP contribution is -2.19. The zero-order valence-electron chi connectivity index (χ0n) is 11.2. The average molecular weight is 349 g/mol. The van der Waals surface area contributed by atoms with Gasteiger partial charge in [-0.05, 0) is 31.5 Å². The minimum atomic E-state index is -0.374. The van der Waals surface area contributed by atoms with Crippen LogP contribution in [0.3, 0.4) is 0 Å². The summed E-state index contributed by atoms with van der Waals surface area (Å²) in [5, 5.41) is 0.922. The summed E-state index contributed by atoms with van der Waals surface area (Å²) in [6.45, 7) is 1.79.